The third kappa shape index (κ3) is 1.74. The van der Waals surface area contributed by atoms with Gasteiger partial charge in [0, 0.05) is 6.04 Å². The molecule has 2 nitrogen and oxygen atoms in total. The van der Waals surface area contributed by atoms with Crippen LogP contribution in [0.3, 0.4) is 0 Å². The van der Waals surface area contributed by atoms with Gasteiger partial charge in [0.2, 0.25) is 0 Å². The fraction of sp³-hybridized carbons (Fsp3) is 0.625. The molecule has 0 aliphatic heterocycles. The summed E-state index contributed by atoms with van der Waals surface area (Å²) in [5.41, 5.74) is 0. The number of rotatable bonds is 2. The van der Waals surface area contributed by atoms with Gasteiger partial charge in [-0.1, -0.05) is 6.92 Å². The Morgan fingerprint density at radius 3 is 2.42 bits per heavy atom. The second-order valence-electron chi connectivity index (χ2n) is 2.87. The Morgan fingerprint density at radius 1 is 1.50 bits per heavy atom. The van der Waals surface area contributed by atoms with Crippen molar-refractivity contribution in [2.24, 2.45) is 0 Å². The SMILES string of the molecule is CCC(C)n1c(C)nc(Br)c1Br. The lowest BCUT2D eigenvalue weighted by molar-refractivity contribution is 0.510. The highest BCUT2D eigenvalue weighted by Gasteiger charge is 2.13. The van der Waals surface area contributed by atoms with Gasteiger partial charge in [0.15, 0.2) is 0 Å². The van der Waals surface area contributed by atoms with E-state index in [2.05, 4.69) is 55.3 Å². The molecule has 0 fully saturated rings. The van der Waals surface area contributed by atoms with E-state index in [9.17, 15) is 0 Å². The van der Waals surface area contributed by atoms with Crippen molar-refractivity contribution in [3.8, 4) is 0 Å². The Hall–Kier alpha value is 0.170. The molecule has 1 aromatic rings. The normalized spacial score (nSPS) is 13.4. The number of imidazole rings is 1. The van der Waals surface area contributed by atoms with Crippen molar-refractivity contribution in [3.63, 3.8) is 0 Å². The molecule has 0 spiro atoms. The van der Waals surface area contributed by atoms with Gasteiger partial charge in [-0.15, -0.1) is 0 Å². The third-order valence-corrected chi connectivity index (χ3v) is 3.86. The minimum atomic E-state index is 0.498. The van der Waals surface area contributed by atoms with E-state index in [0.29, 0.717) is 6.04 Å². The molecule has 0 saturated carbocycles. The molecule has 0 amide bonds. The summed E-state index contributed by atoms with van der Waals surface area (Å²) in [4.78, 5) is 4.31. The molecule has 0 aliphatic rings. The first-order chi connectivity index (χ1) is 5.57. The number of nitrogens with zero attached hydrogens (tertiary/aromatic N) is 2. The van der Waals surface area contributed by atoms with E-state index in [4.69, 9.17) is 0 Å². The molecule has 12 heavy (non-hydrogen) atoms. The van der Waals surface area contributed by atoms with Crippen LogP contribution in [0.5, 0.6) is 0 Å². The molecule has 1 atom stereocenters. The molecule has 0 N–H and O–H groups in total. The summed E-state index contributed by atoms with van der Waals surface area (Å²) in [6.45, 7) is 6.37. The zero-order chi connectivity index (χ0) is 9.30. The molecule has 0 aliphatic carbocycles. The lowest BCUT2D eigenvalue weighted by Crippen LogP contribution is -2.05. The van der Waals surface area contributed by atoms with Crippen LogP contribution in [0.25, 0.3) is 0 Å². The fourth-order valence-electron chi connectivity index (χ4n) is 1.18. The molecule has 1 heterocycles. The van der Waals surface area contributed by atoms with Gasteiger partial charge in [0.1, 0.15) is 15.0 Å². The van der Waals surface area contributed by atoms with Crippen molar-refractivity contribution in [3.05, 3.63) is 15.0 Å². The van der Waals surface area contributed by atoms with Crippen molar-refractivity contribution < 1.29 is 0 Å². The van der Waals surface area contributed by atoms with Gasteiger partial charge in [-0.25, -0.2) is 4.98 Å². The van der Waals surface area contributed by atoms with Gasteiger partial charge >= 0.3 is 0 Å². The van der Waals surface area contributed by atoms with Gasteiger partial charge in [-0.05, 0) is 52.1 Å². The number of aromatic nitrogens is 2. The summed E-state index contributed by atoms with van der Waals surface area (Å²) in [7, 11) is 0. The minimum Gasteiger partial charge on any atom is -0.319 e. The quantitative estimate of drug-likeness (QED) is 0.814. The maximum atomic E-state index is 4.31. The smallest absolute Gasteiger partial charge is 0.139 e. The first kappa shape index (κ1) is 10.3. The van der Waals surface area contributed by atoms with Crippen LogP contribution in [-0.4, -0.2) is 9.55 Å². The average molecular weight is 296 g/mol. The van der Waals surface area contributed by atoms with Gasteiger partial charge in [-0.3, -0.25) is 0 Å². The molecule has 1 aromatic heterocycles. The molecule has 4 heteroatoms. The average Bonchev–Trinajstić information content (AvgIpc) is 2.26. The summed E-state index contributed by atoms with van der Waals surface area (Å²) >= 11 is 6.88. The van der Waals surface area contributed by atoms with Crippen LogP contribution < -0.4 is 0 Å². The van der Waals surface area contributed by atoms with Crippen LogP contribution in [0.15, 0.2) is 9.21 Å². The molecular formula is C8H12Br2N2. The zero-order valence-electron chi connectivity index (χ0n) is 7.43. The van der Waals surface area contributed by atoms with E-state index in [0.717, 1.165) is 21.5 Å². The predicted molar refractivity (Wildman–Crippen MR) is 57.4 cm³/mol. The highest BCUT2D eigenvalue weighted by Crippen LogP contribution is 2.28. The number of hydrogen-bond acceptors (Lipinski definition) is 1. The van der Waals surface area contributed by atoms with Crippen LogP contribution in [-0.2, 0) is 0 Å². The van der Waals surface area contributed by atoms with E-state index in [1.54, 1.807) is 0 Å². The Balaban J connectivity index is 3.13. The minimum absolute atomic E-state index is 0.498. The topological polar surface area (TPSA) is 17.8 Å². The van der Waals surface area contributed by atoms with Gasteiger partial charge in [0.05, 0.1) is 0 Å². The monoisotopic (exact) mass is 294 g/mol. The number of hydrogen-bond donors (Lipinski definition) is 0. The summed E-state index contributed by atoms with van der Waals surface area (Å²) in [6, 6.07) is 0.498. The van der Waals surface area contributed by atoms with Crippen LogP contribution in [0.1, 0.15) is 32.1 Å². The van der Waals surface area contributed by atoms with Crippen LogP contribution in [0, 0.1) is 6.92 Å². The Morgan fingerprint density at radius 2 is 2.08 bits per heavy atom. The van der Waals surface area contributed by atoms with E-state index in [1.807, 2.05) is 6.92 Å². The zero-order valence-corrected chi connectivity index (χ0v) is 10.6. The lowest BCUT2D eigenvalue weighted by atomic mass is 10.2. The van der Waals surface area contributed by atoms with E-state index in [-0.39, 0.29) is 0 Å². The molecule has 0 aromatic carbocycles. The predicted octanol–water partition coefficient (Wildman–Crippen LogP) is 3.69. The van der Waals surface area contributed by atoms with Crippen molar-refractivity contribution in [1.82, 2.24) is 9.55 Å². The molecule has 0 bridgehead atoms. The van der Waals surface area contributed by atoms with Crippen molar-refractivity contribution in [2.45, 2.75) is 33.2 Å². The lowest BCUT2D eigenvalue weighted by Gasteiger charge is -2.13. The van der Waals surface area contributed by atoms with Crippen LogP contribution in [0.4, 0.5) is 0 Å². The second-order valence-corrected chi connectivity index (χ2v) is 4.37. The highest BCUT2D eigenvalue weighted by atomic mass is 79.9. The maximum absolute atomic E-state index is 4.31. The van der Waals surface area contributed by atoms with Gasteiger partial charge < -0.3 is 4.57 Å². The molecule has 1 rings (SSSR count). The molecule has 1 unspecified atom stereocenters. The number of aryl methyl sites for hydroxylation is 1. The van der Waals surface area contributed by atoms with E-state index < -0.39 is 0 Å². The first-order valence-corrected chi connectivity index (χ1v) is 5.56. The van der Waals surface area contributed by atoms with Crippen molar-refractivity contribution in [1.29, 1.82) is 0 Å². The highest BCUT2D eigenvalue weighted by molar-refractivity contribution is 9.13. The first-order valence-electron chi connectivity index (χ1n) is 3.97. The van der Waals surface area contributed by atoms with E-state index in [1.165, 1.54) is 0 Å². The largest absolute Gasteiger partial charge is 0.319 e. The Kier molecular flexibility index (Phi) is 3.35. The summed E-state index contributed by atoms with van der Waals surface area (Å²) in [5, 5.41) is 0. The summed E-state index contributed by atoms with van der Waals surface area (Å²) in [5.74, 6) is 1.04. The van der Waals surface area contributed by atoms with Crippen molar-refractivity contribution >= 4 is 31.9 Å². The molecule has 0 saturated heterocycles. The van der Waals surface area contributed by atoms with Crippen LogP contribution >= 0.6 is 31.9 Å². The standard InChI is InChI=1S/C8H12Br2N2/c1-4-5(2)12-6(3)11-7(9)8(12)10/h5H,4H2,1-3H3. The summed E-state index contributed by atoms with van der Waals surface area (Å²) < 4.78 is 4.11. The molecule has 0 radical (unpaired) electrons. The molecular weight excluding hydrogens is 284 g/mol. The van der Waals surface area contributed by atoms with Gasteiger partial charge in [0.25, 0.3) is 0 Å². The third-order valence-electron chi connectivity index (χ3n) is 2.02. The molecule has 68 valence electrons. The Labute approximate surface area is 89.6 Å². The Bertz CT molecular complexity index is 281. The maximum Gasteiger partial charge on any atom is 0.139 e. The van der Waals surface area contributed by atoms with Crippen LogP contribution in [0.2, 0.25) is 0 Å². The second kappa shape index (κ2) is 3.92. The fourth-order valence-corrected chi connectivity index (χ4v) is 2.32. The van der Waals surface area contributed by atoms with Crippen molar-refractivity contribution in [2.75, 3.05) is 0 Å². The van der Waals surface area contributed by atoms with Gasteiger partial charge in [-0.2, -0.15) is 0 Å². The summed E-state index contributed by atoms with van der Waals surface area (Å²) in [6.07, 6.45) is 1.11. The number of halogens is 2. The van der Waals surface area contributed by atoms with E-state index >= 15 is 0 Å².